The van der Waals surface area contributed by atoms with Crippen LogP contribution in [0.3, 0.4) is 0 Å². The Kier molecular flexibility index (Phi) is 6.37. The van der Waals surface area contributed by atoms with Gasteiger partial charge in [-0.25, -0.2) is 4.79 Å². The predicted molar refractivity (Wildman–Crippen MR) is 83.4 cm³/mol. The Morgan fingerprint density at radius 2 is 1.77 bits per heavy atom. The molecule has 6 nitrogen and oxygen atoms in total. The van der Waals surface area contributed by atoms with Gasteiger partial charge in [0.2, 0.25) is 0 Å². The Labute approximate surface area is 130 Å². The van der Waals surface area contributed by atoms with Crippen molar-refractivity contribution in [3.05, 3.63) is 35.4 Å². The Balaban J connectivity index is 2.70. The lowest BCUT2D eigenvalue weighted by molar-refractivity contribution is -0.137. The molecule has 0 radical (unpaired) electrons. The van der Waals surface area contributed by atoms with Gasteiger partial charge in [0, 0.05) is 12.6 Å². The summed E-state index contributed by atoms with van der Waals surface area (Å²) < 4.78 is 5.16. The molecule has 0 saturated heterocycles. The van der Waals surface area contributed by atoms with Gasteiger partial charge in [-0.3, -0.25) is 4.79 Å². The minimum atomic E-state index is -0.973. The highest BCUT2D eigenvalue weighted by atomic mass is 16.6. The summed E-state index contributed by atoms with van der Waals surface area (Å²) in [5.41, 5.74) is 6.84. The Morgan fingerprint density at radius 1 is 1.23 bits per heavy atom. The molecular weight excluding hydrogens is 284 g/mol. The Morgan fingerprint density at radius 3 is 2.23 bits per heavy atom. The van der Waals surface area contributed by atoms with E-state index in [2.05, 4.69) is 5.32 Å². The number of carbonyl (C=O) groups excluding carboxylic acids is 1. The van der Waals surface area contributed by atoms with E-state index in [0.717, 1.165) is 11.1 Å². The topological polar surface area (TPSA) is 102 Å². The first-order valence-electron chi connectivity index (χ1n) is 7.19. The molecule has 1 aromatic rings. The van der Waals surface area contributed by atoms with Crippen LogP contribution in [0.4, 0.5) is 4.79 Å². The number of nitrogens with one attached hydrogen (secondary N) is 1. The van der Waals surface area contributed by atoms with Gasteiger partial charge in [-0.05, 0) is 38.3 Å². The van der Waals surface area contributed by atoms with Gasteiger partial charge in [-0.15, -0.1) is 0 Å². The minimum Gasteiger partial charge on any atom is -0.481 e. The van der Waals surface area contributed by atoms with Crippen LogP contribution in [0, 0.1) is 0 Å². The van der Waals surface area contributed by atoms with E-state index in [0.29, 0.717) is 13.0 Å². The molecule has 122 valence electrons. The largest absolute Gasteiger partial charge is 0.481 e. The quantitative estimate of drug-likeness (QED) is 0.746. The zero-order valence-corrected chi connectivity index (χ0v) is 13.3. The van der Waals surface area contributed by atoms with Gasteiger partial charge < -0.3 is 20.9 Å². The fourth-order valence-electron chi connectivity index (χ4n) is 1.96. The van der Waals surface area contributed by atoms with Crippen molar-refractivity contribution < 1.29 is 19.4 Å². The fourth-order valence-corrected chi connectivity index (χ4v) is 1.96. The summed E-state index contributed by atoms with van der Waals surface area (Å²) in [5, 5.41) is 11.6. The van der Waals surface area contributed by atoms with E-state index in [9.17, 15) is 9.59 Å². The monoisotopic (exact) mass is 308 g/mol. The molecular formula is C16H24N2O4. The summed E-state index contributed by atoms with van der Waals surface area (Å²) in [5.74, 6) is -0.973. The molecule has 1 aromatic carbocycles. The summed E-state index contributed by atoms with van der Waals surface area (Å²) >= 11 is 0. The summed E-state index contributed by atoms with van der Waals surface area (Å²) in [6.07, 6.45) is -0.369. The third-order valence-corrected chi connectivity index (χ3v) is 2.88. The summed E-state index contributed by atoms with van der Waals surface area (Å²) in [4.78, 5) is 22.8. The maximum absolute atomic E-state index is 11.8. The van der Waals surface area contributed by atoms with Crippen molar-refractivity contribution in [2.24, 2.45) is 5.73 Å². The average Bonchev–Trinajstić information content (AvgIpc) is 2.36. The first-order chi connectivity index (χ1) is 10.2. The van der Waals surface area contributed by atoms with E-state index in [1.54, 1.807) is 20.8 Å². The lowest BCUT2D eigenvalue weighted by Crippen LogP contribution is -2.41. The van der Waals surface area contributed by atoms with Gasteiger partial charge in [0.15, 0.2) is 0 Å². The van der Waals surface area contributed by atoms with Crippen LogP contribution in [-0.4, -0.2) is 28.8 Å². The van der Waals surface area contributed by atoms with Crippen molar-refractivity contribution in [1.82, 2.24) is 5.32 Å². The second-order valence-corrected chi connectivity index (χ2v) is 6.17. The third-order valence-electron chi connectivity index (χ3n) is 2.88. The van der Waals surface area contributed by atoms with Crippen LogP contribution in [-0.2, 0) is 22.5 Å². The normalized spacial score (nSPS) is 12.5. The molecule has 0 unspecified atom stereocenters. The molecule has 0 bridgehead atoms. The van der Waals surface area contributed by atoms with Crippen LogP contribution in [0.25, 0.3) is 0 Å². The van der Waals surface area contributed by atoms with Gasteiger partial charge in [0.05, 0.1) is 6.42 Å². The molecule has 0 fully saturated rings. The maximum Gasteiger partial charge on any atom is 0.407 e. The van der Waals surface area contributed by atoms with Crippen molar-refractivity contribution in [2.45, 2.75) is 51.8 Å². The van der Waals surface area contributed by atoms with E-state index >= 15 is 0 Å². The molecule has 1 amide bonds. The fraction of sp³-hybridized carbons (Fsp3) is 0.500. The van der Waals surface area contributed by atoms with Crippen LogP contribution in [0.5, 0.6) is 0 Å². The number of rotatable bonds is 6. The van der Waals surface area contributed by atoms with Crippen LogP contribution < -0.4 is 11.1 Å². The number of hydrogen-bond donors (Lipinski definition) is 3. The standard InChI is InChI=1S/C16H24N2O4/c1-16(2,3)22-15(21)18-13(9-14(19)20)8-11-4-6-12(10-17)7-5-11/h4-7,13H,8-10,17H2,1-3H3,(H,18,21)(H,19,20)/t13-/m1/s1. The molecule has 0 spiro atoms. The number of nitrogens with two attached hydrogens (primary N) is 1. The Bertz CT molecular complexity index is 506. The van der Waals surface area contributed by atoms with Crippen molar-refractivity contribution in [1.29, 1.82) is 0 Å². The van der Waals surface area contributed by atoms with E-state index in [1.165, 1.54) is 0 Å². The molecule has 22 heavy (non-hydrogen) atoms. The molecule has 0 aliphatic carbocycles. The molecule has 1 atom stereocenters. The number of benzene rings is 1. The summed E-state index contributed by atoms with van der Waals surface area (Å²) in [7, 11) is 0. The zero-order valence-electron chi connectivity index (χ0n) is 13.3. The SMILES string of the molecule is CC(C)(C)OC(=O)N[C@@H](CC(=O)O)Cc1ccc(CN)cc1. The number of carboxylic acid groups (broad SMARTS) is 1. The summed E-state index contributed by atoms with van der Waals surface area (Å²) in [6, 6.07) is 7.01. The van der Waals surface area contributed by atoms with Gasteiger partial charge in [0.25, 0.3) is 0 Å². The second kappa shape index (κ2) is 7.79. The second-order valence-electron chi connectivity index (χ2n) is 6.17. The highest BCUT2D eigenvalue weighted by Crippen LogP contribution is 2.11. The maximum atomic E-state index is 11.8. The van der Waals surface area contributed by atoms with Gasteiger partial charge in [0.1, 0.15) is 5.60 Å². The first kappa shape index (κ1) is 18.0. The number of carboxylic acids is 1. The molecule has 0 heterocycles. The first-order valence-corrected chi connectivity index (χ1v) is 7.19. The van der Waals surface area contributed by atoms with Gasteiger partial charge in [-0.2, -0.15) is 0 Å². The van der Waals surface area contributed by atoms with Gasteiger partial charge >= 0.3 is 12.1 Å². The summed E-state index contributed by atoms with van der Waals surface area (Å²) in [6.45, 7) is 5.72. The van der Waals surface area contributed by atoms with E-state index in [-0.39, 0.29) is 6.42 Å². The van der Waals surface area contributed by atoms with Crippen molar-refractivity contribution in [2.75, 3.05) is 0 Å². The van der Waals surface area contributed by atoms with Crippen molar-refractivity contribution in [3.63, 3.8) is 0 Å². The number of aliphatic carboxylic acids is 1. The van der Waals surface area contributed by atoms with Crippen LogP contribution in [0.15, 0.2) is 24.3 Å². The zero-order chi connectivity index (χ0) is 16.8. The molecule has 0 aliphatic rings. The molecule has 0 aliphatic heterocycles. The average molecular weight is 308 g/mol. The lowest BCUT2D eigenvalue weighted by atomic mass is 10.0. The van der Waals surface area contributed by atoms with Crippen molar-refractivity contribution >= 4 is 12.1 Å². The molecule has 0 aromatic heterocycles. The third kappa shape index (κ3) is 7.08. The number of hydrogen-bond acceptors (Lipinski definition) is 4. The van der Waals surface area contributed by atoms with Crippen LogP contribution in [0.1, 0.15) is 38.3 Å². The predicted octanol–water partition coefficient (Wildman–Crippen LogP) is 2.06. The number of ether oxygens (including phenoxy) is 1. The molecule has 4 N–H and O–H groups in total. The number of alkyl carbamates (subject to hydrolysis) is 1. The van der Waals surface area contributed by atoms with Crippen LogP contribution >= 0.6 is 0 Å². The van der Waals surface area contributed by atoms with Crippen LogP contribution in [0.2, 0.25) is 0 Å². The van der Waals surface area contributed by atoms with Gasteiger partial charge in [-0.1, -0.05) is 24.3 Å². The number of carbonyl (C=O) groups is 2. The van der Waals surface area contributed by atoms with E-state index in [4.69, 9.17) is 15.6 Å². The molecule has 0 saturated carbocycles. The Hall–Kier alpha value is -2.08. The smallest absolute Gasteiger partial charge is 0.407 e. The molecule has 1 rings (SSSR count). The molecule has 6 heteroatoms. The highest BCUT2D eigenvalue weighted by molar-refractivity contribution is 5.71. The van der Waals surface area contributed by atoms with E-state index in [1.807, 2.05) is 24.3 Å². The minimum absolute atomic E-state index is 0.169. The van der Waals surface area contributed by atoms with Crippen molar-refractivity contribution in [3.8, 4) is 0 Å². The highest BCUT2D eigenvalue weighted by Gasteiger charge is 2.21. The lowest BCUT2D eigenvalue weighted by Gasteiger charge is -2.23. The number of amides is 1. The van der Waals surface area contributed by atoms with E-state index < -0.39 is 23.7 Å².